The average Bonchev–Trinajstić information content (AvgIpc) is 3.09. The normalized spacial score (nSPS) is 11.1. The van der Waals surface area contributed by atoms with Crippen LogP contribution in [-0.2, 0) is 13.1 Å². The molecular weight excluding hydrogens is 560 g/mol. The second-order valence-corrected chi connectivity index (χ2v) is 12.4. The van der Waals surface area contributed by atoms with Crippen LogP contribution in [0.3, 0.4) is 0 Å². The molecule has 0 aliphatic carbocycles. The fourth-order valence-corrected chi connectivity index (χ4v) is 6.01. The van der Waals surface area contributed by atoms with Crippen LogP contribution in [0.15, 0.2) is 147 Å². The van der Waals surface area contributed by atoms with Gasteiger partial charge in [-0.3, -0.25) is 0 Å². The van der Waals surface area contributed by atoms with E-state index in [1.165, 1.54) is 44.8 Å². The molecule has 0 spiro atoms. The molecule has 4 aromatic heterocycles. The van der Waals surface area contributed by atoms with Crippen molar-refractivity contribution in [2.45, 2.75) is 66.5 Å². The van der Waals surface area contributed by atoms with E-state index >= 15 is 0 Å². The summed E-state index contributed by atoms with van der Waals surface area (Å²) in [6.45, 7) is 10.9. The molecule has 0 saturated heterocycles. The van der Waals surface area contributed by atoms with Crippen molar-refractivity contribution in [1.29, 1.82) is 0 Å². The van der Waals surface area contributed by atoms with E-state index < -0.39 is 0 Å². The number of hydrogen-bond donors (Lipinski definition) is 0. The molecule has 0 aliphatic rings. The van der Waals surface area contributed by atoms with E-state index in [0.717, 1.165) is 19.5 Å². The second-order valence-electron chi connectivity index (χ2n) is 12.4. The van der Waals surface area contributed by atoms with Gasteiger partial charge in [-0.1, -0.05) is 71.5 Å². The molecule has 0 atom stereocenters. The lowest BCUT2D eigenvalue weighted by atomic mass is 10.0. The minimum Gasteiger partial charge on any atom is -0.205 e. The monoisotopic (exact) mass is 608 g/mol. The molecule has 6 rings (SSSR count). The first kappa shape index (κ1) is 32.4. The summed E-state index contributed by atoms with van der Waals surface area (Å²) in [6.07, 6.45) is 18.5. The molecule has 0 saturated carbocycles. The highest BCUT2D eigenvalue weighted by molar-refractivity contribution is 5.62. The fraction of sp³-hybridized carbons (Fsp3) is 0.238. The van der Waals surface area contributed by atoms with E-state index in [1.807, 2.05) is 0 Å². The fourth-order valence-electron chi connectivity index (χ4n) is 6.01. The van der Waals surface area contributed by atoms with Crippen molar-refractivity contribution >= 4 is 0 Å². The van der Waals surface area contributed by atoms with Crippen molar-refractivity contribution in [1.82, 2.24) is 0 Å². The molecule has 46 heavy (non-hydrogen) atoms. The average molecular weight is 609 g/mol. The third-order valence-electron chi connectivity index (χ3n) is 8.61. The number of pyridine rings is 4. The third kappa shape index (κ3) is 7.46. The number of rotatable bonds is 10. The number of benzene rings is 2. The number of hydrogen-bond acceptors (Lipinski definition) is 0. The third-order valence-corrected chi connectivity index (χ3v) is 8.61. The van der Waals surface area contributed by atoms with Gasteiger partial charge in [0.05, 0.1) is 6.42 Å². The standard InChI is InChI=1S/C41H44N4.CH4/c1-32(2)38-10-5-7-12-40(38)44-28-18-36(19-29-44)34-14-24-42(25-15-34)22-9-23-43-26-16-35(17-27-43)37-20-30-45(31-21-37)41-13-8-6-11-39(41)33(3)4;/h5-8,10-21,24-33H,9,22-23H2,1-4H3;1H4/q+4;. The Labute approximate surface area is 275 Å². The van der Waals surface area contributed by atoms with Crippen LogP contribution in [0, 0.1) is 0 Å². The number of aryl methyl sites for hydroxylation is 2. The van der Waals surface area contributed by atoms with Crippen LogP contribution < -0.4 is 18.3 Å². The number of para-hydroxylation sites is 2. The second kappa shape index (κ2) is 14.9. The maximum Gasteiger partial charge on any atom is 0.214 e. The van der Waals surface area contributed by atoms with Crippen LogP contribution in [0.5, 0.6) is 0 Å². The van der Waals surface area contributed by atoms with Gasteiger partial charge in [0.25, 0.3) is 0 Å². The molecule has 6 aromatic rings. The van der Waals surface area contributed by atoms with Gasteiger partial charge in [0.2, 0.25) is 11.4 Å². The van der Waals surface area contributed by atoms with Gasteiger partial charge in [0.1, 0.15) is 0 Å². The summed E-state index contributed by atoms with van der Waals surface area (Å²) in [4.78, 5) is 0. The van der Waals surface area contributed by atoms with E-state index in [-0.39, 0.29) is 7.43 Å². The summed E-state index contributed by atoms with van der Waals surface area (Å²) in [5.74, 6) is 0.967. The Morgan fingerprint density at radius 3 is 1.04 bits per heavy atom. The highest BCUT2D eigenvalue weighted by atomic mass is 15.0. The SMILES string of the molecule is C.CC(C)c1ccccc1-[n+]1ccc(-c2cc[n+](CCC[n+]3ccc(-c4cc[n+](-c5ccccc5C(C)C)cc4)cc3)cc2)cc1. The summed E-state index contributed by atoms with van der Waals surface area (Å²) in [5.41, 5.74) is 10.1. The van der Waals surface area contributed by atoms with Gasteiger partial charge >= 0.3 is 0 Å². The zero-order valence-corrected chi connectivity index (χ0v) is 26.9. The van der Waals surface area contributed by atoms with Crippen molar-refractivity contribution in [3.05, 3.63) is 158 Å². The summed E-state index contributed by atoms with van der Waals surface area (Å²) in [5, 5.41) is 0. The Morgan fingerprint density at radius 1 is 0.413 bits per heavy atom. The zero-order valence-electron chi connectivity index (χ0n) is 26.9. The van der Waals surface area contributed by atoms with Gasteiger partial charge in [-0.2, -0.15) is 9.13 Å². The molecule has 232 valence electrons. The summed E-state index contributed by atoms with van der Waals surface area (Å²) < 4.78 is 8.98. The zero-order chi connectivity index (χ0) is 31.2. The molecule has 0 radical (unpaired) electrons. The molecule has 2 aromatic carbocycles. The maximum atomic E-state index is 2.27. The van der Waals surface area contributed by atoms with E-state index in [2.05, 4.69) is 193 Å². The Hall–Kier alpha value is -4.96. The van der Waals surface area contributed by atoms with Crippen LogP contribution >= 0.6 is 0 Å². The predicted molar refractivity (Wildman–Crippen MR) is 187 cm³/mol. The Kier molecular flexibility index (Phi) is 10.5. The van der Waals surface area contributed by atoms with Crippen LogP contribution in [0.2, 0.25) is 0 Å². The van der Waals surface area contributed by atoms with E-state index in [9.17, 15) is 0 Å². The largest absolute Gasteiger partial charge is 0.214 e. The first-order valence-corrected chi connectivity index (χ1v) is 16.2. The van der Waals surface area contributed by atoms with Crippen LogP contribution in [0.4, 0.5) is 0 Å². The first-order valence-electron chi connectivity index (χ1n) is 16.2. The summed E-state index contributed by atoms with van der Waals surface area (Å²) in [6, 6.07) is 35.0. The van der Waals surface area contributed by atoms with Crippen LogP contribution in [-0.4, -0.2) is 0 Å². The van der Waals surface area contributed by atoms with E-state index in [1.54, 1.807) is 0 Å². The van der Waals surface area contributed by atoms with Gasteiger partial charge < -0.3 is 0 Å². The maximum absolute atomic E-state index is 2.27. The molecular formula is C42H48N4+4. The predicted octanol–water partition coefficient (Wildman–Crippen LogP) is 8.12. The van der Waals surface area contributed by atoms with Crippen molar-refractivity contribution in [3.8, 4) is 33.6 Å². The van der Waals surface area contributed by atoms with Gasteiger partial charge in [-0.15, -0.1) is 0 Å². The Balaban J connectivity index is 0.00000417. The lowest BCUT2D eigenvalue weighted by molar-refractivity contribution is -0.726. The molecule has 0 bridgehead atoms. The summed E-state index contributed by atoms with van der Waals surface area (Å²) in [7, 11) is 0. The first-order chi connectivity index (χ1) is 22.0. The van der Waals surface area contributed by atoms with Crippen LogP contribution in [0.25, 0.3) is 33.6 Å². The minimum absolute atomic E-state index is 0. The van der Waals surface area contributed by atoms with Crippen molar-refractivity contribution in [3.63, 3.8) is 0 Å². The highest BCUT2D eigenvalue weighted by Crippen LogP contribution is 2.22. The number of nitrogens with zero attached hydrogens (tertiary/aromatic N) is 4. The lowest BCUT2D eigenvalue weighted by Crippen LogP contribution is -2.38. The van der Waals surface area contributed by atoms with Crippen molar-refractivity contribution in [2.75, 3.05) is 0 Å². The van der Waals surface area contributed by atoms with Gasteiger partial charge in [-0.25, -0.2) is 9.13 Å². The van der Waals surface area contributed by atoms with E-state index in [4.69, 9.17) is 0 Å². The quantitative estimate of drug-likeness (QED) is 0.140. The minimum atomic E-state index is 0. The van der Waals surface area contributed by atoms with Crippen molar-refractivity contribution < 1.29 is 18.3 Å². The Morgan fingerprint density at radius 2 is 0.717 bits per heavy atom. The Bertz CT molecular complexity index is 1700. The highest BCUT2D eigenvalue weighted by Gasteiger charge is 2.16. The molecule has 0 amide bonds. The molecule has 0 fully saturated rings. The summed E-state index contributed by atoms with van der Waals surface area (Å²) >= 11 is 0. The molecule has 0 unspecified atom stereocenters. The molecule has 0 N–H and O–H groups in total. The van der Waals surface area contributed by atoms with Crippen molar-refractivity contribution in [2.24, 2.45) is 0 Å². The molecule has 0 aliphatic heterocycles. The molecule has 4 nitrogen and oxygen atoms in total. The number of aromatic nitrogens is 4. The van der Waals surface area contributed by atoms with Gasteiger partial charge in [-0.05, 0) is 34.1 Å². The van der Waals surface area contributed by atoms with E-state index in [0.29, 0.717) is 11.8 Å². The lowest BCUT2D eigenvalue weighted by Gasteiger charge is -2.08. The van der Waals surface area contributed by atoms with Gasteiger partial charge in [0.15, 0.2) is 62.7 Å². The topological polar surface area (TPSA) is 15.5 Å². The molecule has 4 heteroatoms. The smallest absolute Gasteiger partial charge is 0.205 e. The van der Waals surface area contributed by atoms with Gasteiger partial charge in [0, 0.05) is 71.8 Å². The molecule has 4 heterocycles. The van der Waals surface area contributed by atoms with Crippen LogP contribution in [0.1, 0.15) is 64.5 Å².